The van der Waals surface area contributed by atoms with Crippen LogP contribution in [-0.2, 0) is 4.74 Å². The summed E-state index contributed by atoms with van der Waals surface area (Å²) in [6.07, 6.45) is 5.02. The van der Waals surface area contributed by atoms with Crippen molar-refractivity contribution < 1.29 is 9.53 Å². The van der Waals surface area contributed by atoms with Crippen molar-refractivity contribution in [2.45, 2.75) is 26.4 Å². The first-order valence-corrected chi connectivity index (χ1v) is 8.00. The highest BCUT2D eigenvalue weighted by molar-refractivity contribution is 5.91. The normalized spacial score (nSPS) is 11.2. The number of hydrogen-bond acceptors (Lipinski definition) is 5. The van der Waals surface area contributed by atoms with Gasteiger partial charge in [-0.15, -0.1) is 0 Å². The summed E-state index contributed by atoms with van der Waals surface area (Å²) in [6, 6.07) is 12.8. The Balaban J connectivity index is 2.02. The summed E-state index contributed by atoms with van der Waals surface area (Å²) < 4.78 is 5.43. The lowest BCUT2D eigenvalue weighted by Gasteiger charge is -2.19. The van der Waals surface area contributed by atoms with Crippen molar-refractivity contribution in [1.29, 1.82) is 0 Å². The number of ether oxygens (including phenoxy) is 1. The SMILES string of the molecule is CC(C)(C)OC(=O)c1ccnc(-c2ncccc2-c2ccccn2)c1. The first-order chi connectivity index (χ1) is 11.9. The molecule has 126 valence electrons. The summed E-state index contributed by atoms with van der Waals surface area (Å²) in [5.74, 6) is -0.383. The van der Waals surface area contributed by atoms with Gasteiger partial charge in [0.25, 0.3) is 0 Å². The van der Waals surface area contributed by atoms with Crippen LogP contribution < -0.4 is 0 Å². The lowest BCUT2D eigenvalue weighted by Crippen LogP contribution is -2.23. The quantitative estimate of drug-likeness (QED) is 0.673. The van der Waals surface area contributed by atoms with Crippen molar-refractivity contribution in [1.82, 2.24) is 15.0 Å². The zero-order chi connectivity index (χ0) is 17.9. The number of carbonyl (C=O) groups is 1. The lowest BCUT2D eigenvalue weighted by molar-refractivity contribution is 0.00694. The lowest BCUT2D eigenvalue weighted by atomic mass is 10.1. The number of pyridine rings is 3. The van der Waals surface area contributed by atoms with Crippen LogP contribution in [0.25, 0.3) is 22.6 Å². The van der Waals surface area contributed by atoms with E-state index in [1.54, 1.807) is 30.7 Å². The number of carbonyl (C=O) groups excluding carboxylic acids is 1. The third-order valence-electron chi connectivity index (χ3n) is 3.39. The maximum atomic E-state index is 12.3. The Labute approximate surface area is 146 Å². The third kappa shape index (κ3) is 4.07. The van der Waals surface area contributed by atoms with E-state index in [2.05, 4.69) is 15.0 Å². The van der Waals surface area contributed by atoms with Crippen molar-refractivity contribution in [3.05, 3.63) is 66.6 Å². The molecule has 5 heteroatoms. The van der Waals surface area contributed by atoms with Crippen LogP contribution in [0.2, 0.25) is 0 Å². The molecule has 0 aliphatic rings. The number of esters is 1. The van der Waals surface area contributed by atoms with E-state index in [1.807, 2.05) is 51.1 Å². The van der Waals surface area contributed by atoms with Crippen LogP contribution in [0.3, 0.4) is 0 Å². The molecule has 0 radical (unpaired) electrons. The second kappa shape index (κ2) is 6.81. The van der Waals surface area contributed by atoms with Crippen LogP contribution in [-0.4, -0.2) is 26.5 Å². The standard InChI is InChI=1S/C20H19N3O2/c1-20(2,3)25-19(24)14-9-12-22-17(13-14)18-15(7-6-11-23-18)16-8-4-5-10-21-16/h4-13H,1-3H3. The Morgan fingerprint density at radius 2 is 1.64 bits per heavy atom. The van der Waals surface area contributed by atoms with Crippen LogP contribution in [0.4, 0.5) is 0 Å². The maximum Gasteiger partial charge on any atom is 0.338 e. The smallest absolute Gasteiger partial charge is 0.338 e. The number of rotatable bonds is 3. The van der Waals surface area contributed by atoms with Gasteiger partial charge in [-0.1, -0.05) is 6.07 Å². The zero-order valence-electron chi connectivity index (χ0n) is 14.4. The Hall–Kier alpha value is -3.08. The molecule has 3 aromatic heterocycles. The molecule has 3 rings (SSSR count). The van der Waals surface area contributed by atoms with Crippen LogP contribution in [0.15, 0.2) is 61.1 Å². The second-order valence-corrected chi connectivity index (χ2v) is 6.55. The Bertz CT molecular complexity index is 887. The van der Waals surface area contributed by atoms with Crippen molar-refractivity contribution in [3.63, 3.8) is 0 Å². The van der Waals surface area contributed by atoms with Gasteiger partial charge in [0.05, 0.1) is 22.6 Å². The van der Waals surface area contributed by atoms with E-state index in [4.69, 9.17) is 4.74 Å². The molecule has 0 fully saturated rings. The van der Waals surface area contributed by atoms with Gasteiger partial charge in [-0.3, -0.25) is 15.0 Å². The topological polar surface area (TPSA) is 65.0 Å². The summed E-state index contributed by atoms with van der Waals surface area (Å²) in [7, 11) is 0. The van der Waals surface area contributed by atoms with E-state index in [0.29, 0.717) is 17.0 Å². The fraction of sp³-hybridized carbons (Fsp3) is 0.200. The molecule has 0 bridgehead atoms. The van der Waals surface area contributed by atoms with Crippen molar-refractivity contribution >= 4 is 5.97 Å². The van der Waals surface area contributed by atoms with Gasteiger partial charge < -0.3 is 4.74 Å². The van der Waals surface area contributed by atoms with Crippen molar-refractivity contribution in [3.8, 4) is 22.6 Å². The molecule has 0 aliphatic heterocycles. The average molecular weight is 333 g/mol. The van der Waals surface area contributed by atoms with Gasteiger partial charge in [0.15, 0.2) is 0 Å². The van der Waals surface area contributed by atoms with Gasteiger partial charge in [-0.05, 0) is 57.2 Å². The monoisotopic (exact) mass is 333 g/mol. The second-order valence-electron chi connectivity index (χ2n) is 6.55. The predicted octanol–water partition coefficient (Wildman–Crippen LogP) is 4.16. The van der Waals surface area contributed by atoms with Gasteiger partial charge in [-0.2, -0.15) is 0 Å². The van der Waals surface area contributed by atoms with Gasteiger partial charge in [0.2, 0.25) is 0 Å². The third-order valence-corrected chi connectivity index (χ3v) is 3.39. The highest BCUT2D eigenvalue weighted by atomic mass is 16.6. The van der Waals surface area contributed by atoms with E-state index in [0.717, 1.165) is 11.3 Å². The maximum absolute atomic E-state index is 12.3. The molecule has 0 aromatic carbocycles. The summed E-state index contributed by atoms with van der Waals surface area (Å²) in [5.41, 5.74) is 2.82. The minimum atomic E-state index is -0.551. The van der Waals surface area contributed by atoms with Crippen LogP contribution in [0, 0.1) is 0 Å². The molecule has 0 saturated carbocycles. The Morgan fingerprint density at radius 1 is 0.880 bits per heavy atom. The molecule has 0 unspecified atom stereocenters. The molecular formula is C20H19N3O2. The van der Waals surface area contributed by atoms with E-state index in [9.17, 15) is 4.79 Å². The molecule has 0 spiro atoms. The van der Waals surface area contributed by atoms with Gasteiger partial charge in [0, 0.05) is 24.2 Å². The molecule has 5 nitrogen and oxygen atoms in total. The largest absolute Gasteiger partial charge is 0.456 e. The van der Waals surface area contributed by atoms with Crippen molar-refractivity contribution in [2.75, 3.05) is 0 Å². The number of aromatic nitrogens is 3. The summed E-state index contributed by atoms with van der Waals surface area (Å²) >= 11 is 0. The molecule has 0 aliphatic carbocycles. The molecule has 0 atom stereocenters. The number of hydrogen-bond donors (Lipinski definition) is 0. The molecule has 0 saturated heterocycles. The summed E-state index contributed by atoms with van der Waals surface area (Å²) in [4.78, 5) is 25.5. The first kappa shape index (κ1) is 16.8. The summed E-state index contributed by atoms with van der Waals surface area (Å²) in [6.45, 7) is 5.51. The molecule has 3 heterocycles. The van der Waals surface area contributed by atoms with Gasteiger partial charge >= 0.3 is 5.97 Å². The van der Waals surface area contributed by atoms with Gasteiger partial charge in [-0.25, -0.2) is 4.79 Å². The van der Waals surface area contributed by atoms with Crippen molar-refractivity contribution in [2.24, 2.45) is 0 Å². The van der Waals surface area contributed by atoms with Gasteiger partial charge in [0.1, 0.15) is 5.60 Å². The minimum Gasteiger partial charge on any atom is -0.456 e. The summed E-state index contributed by atoms with van der Waals surface area (Å²) in [5, 5.41) is 0. The van der Waals surface area contributed by atoms with E-state index < -0.39 is 5.60 Å². The highest BCUT2D eigenvalue weighted by Gasteiger charge is 2.19. The molecule has 3 aromatic rings. The zero-order valence-corrected chi connectivity index (χ0v) is 14.4. The Morgan fingerprint density at radius 3 is 2.36 bits per heavy atom. The predicted molar refractivity (Wildman–Crippen MR) is 95.9 cm³/mol. The molecule has 0 N–H and O–H groups in total. The van der Waals surface area contributed by atoms with E-state index in [1.165, 1.54) is 0 Å². The van der Waals surface area contributed by atoms with E-state index >= 15 is 0 Å². The Kier molecular flexibility index (Phi) is 4.57. The highest BCUT2D eigenvalue weighted by Crippen LogP contribution is 2.28. The van der Waals surface area contributed by atoms with Crippen LogP contribution in [0.5, 0.6) is 0 Å². The fourth-order valence-electron chi connectivity index (χ4n) is 2.36. The minimum absolute atomic E-state index is 0.383. The first-order valence-electron chi connectivity index (χ1n) is 8.00. The van der Waals surface area contributed by atoms with Crippen LogP contribution >= 0.6 is 0 Å². The molecule has 25 heavy (non-hydrogen) atoms. The van der Waals surface area contributed by atoms with Crippen LogP contribution in [0.1, 0.15) is 31.1 Å². The van der Waals surface area contributed by atoms with E-state index in [-0.39, 0.29) is 5.97 Å². The number of nitrogens with zero attached hydrogens (tertiary/aromatic N) is 3. The molecule has 0 amide bonds. The fourth-order valence-corrected chi connectivity index (χ4v) is 2.36. The average Bonchev–Trinajstić information content (AvgIpc) is 2.61. The molecular weight excluding hydrogens is 314 g/mol.